The lowest BCUT2D eigenvalue weighted by Crippen LogP contribution is -2.55. The molecular formula is C8H14N2O3. The zero-order valence-electron chi connectivity index (χ0n) is 7.56. The second-order valence-electron chi connectivity index (χ2n) is 3.58. The Morgan fingerprint density at radius 1 is 1.62 bits per heavy atom. The van der Waals surface area contributed by atoms with Crippen LogP contribution in [0.1, 0.15) is 6.42 Å². The smallest absolute Gasteiger partial charge is 0.407 e. The van der Waals surface area contributed by atoms with Gasteiger partial charge in [-0.05, 0) is 6.42 Å². The van der Waals surface area contributed by atoms with E-state index in [0.29, 0.717) is 6.54 Å². The molecule has 0 saturated carbocycles. The lowest BCUT2D eigenvalue weighted by Gasteiger charge is -2.33. The molecule has 0 radical (unpaired) electrons. The molecule has 74 valence electrons. The number of hydrogen-bond acceptors (Lipinski definition) is 3. The first-order chi connectivity index (χ1) is 6.24. The van der Waals surface area contributed by atoms with E-state index in [-0.39, 0.29) is 18.2 Å². The second kappa shape index (κ2) is 3.16. The summed E-state index contributed by atoms with van der Waals surface area (Å²) in [4.78, 5) is 12.5. The number of ether oxygens (including phenoxy) is 1. The Morgan fingerprint density at radius 3 is 2.92 bits per heavy atom. The average Bonchev–Trinajstić information content (AvgIpc) is 2.33. The topological polar surface area (TPSA) is 61.8 Å². The molecule has 0 aliphatic carbocycles. The lowest BCUT2D eigenvalue weighted by atomic mass is 10.2. The fourth-order valence-corrected chi connectivity index (χ4v) is 2.35. The highest BCUT2D eigenvalue weighted by Gasteiger charge is 2.46. The number of methoxy groups -OCH3 is 1. The molecule has 5 nitrogen and oxygen atoms in total. The van der Waals surface area contributed by atoms with Crippen LogP contribution in [0.3, 0.4) is 0 Å². The molecule has 13 heavy (non-hydrogen) atoms. The Bertz CT molecular complexity index is 221. The number of fused-ring (bicyclic) bond motifs is 2. The number of carbonyl (C=O) groups is 1. The third-order valence-electron chi connectivity index (χ3n) is 2.94. The fourth-order valence-electron chi connectivity index (χ4n) is 2.35. The zero-order chi connectivity index (χ0) is 9.42. The number of amides is 1. The molecular weight excluding hydrogens is 172 g/mol. The highest BCUT2D eigenvalue weighted by Crippen LogP contribution is 2.28. The van der Waals surface area contributed by atoms with Crippen LogP contribution < -0.4 is 5.32 Å². The van der Waals surface area contributed by atoms with E-state index in [9.17, 15) is 4.79 Å². The van der Waals surface area contributed by atoms with Gasteiger partial charge in [-0.3, -0.25) is 4.90 Å². The van der Waals surface area contributed by atoms with Gasteiger partial charge in [-0.1, -0.05) is 0 Å². The first-order valence-corrected chi connectivity index (χ1v) is 4.49. The Labute approximate surface area is 76.7 Å². The summed E-state index contributed by atoms with van der Waals surface area (Å²) in [5.41, 5.74) is 0. The van der Waals surface area contributed by atoms with Crippen LogP contribution in [0.25, 0.3) is 0 Å². The second-order valence-corrected chi connectivity index (χ2v) is 3.58. The first kappa shape index (κ1) is 8.77. The van der Waals surface area contributed by atoms with E-state index in [1.807, 2.05) is 0 Å². The largest absolute Gasteiger partial charge is 0.465 e. The number of nitrogens with zero attached hydrogens (tertiary/aromatic N) is 1. The SMILES string of the molecule is CO[C@@H]1C[C@@H]2CNC[C@H]1N2C(=O)O. The van der Waals surface area contributed by atoms with Gasteiger partial charge in [0.25, 0.3) is 0 Å². The fraction of sp³-hybridized carbons (Fsp3) is 0.875. The molecule has 5 heteroatoms. The van der Waals surface area contributed by atoms with Crippen molar-refractivity contribution in [1.29, 1.82) is 0 Å². The average molecular weight is 186 g/mol. The van der Waals surface area contributed by atoms with E-state index in [0.717, 1.165) is 13.0 Å². The van der Waals surface area contributed by atoms with Gasteiger partial charge in [0.2, 0.25) is 0 Å². The number of nitrogens with one attached hydrogen (secondary N) is 1. The lowest BCUT2D eigenvalue weighted by molar-refractivity contribution is 0.0554. The van der Waals surface area contributed by atoms with Crippen molar-refractivity contribution in [3.63, 3.8) is 0 Å². The minimum Gasteiger partial charge on any atom is -0.465 e. The summed E-state index contributed by atoms with van der Waals surface area (Å²) in [5.74, 6) is 0. The molecule has 0 unspecified atom stereocenters. The summed E-state index contributed by atoms with van der Waals surface area (Å²) in [5, 5.41) is 12.2. The molecule has 2 aliphatic heterocycles. The Kier molecular flexibility index (Phi) is 2.13. The monoisotopic (exact) mass is 186 g/mol. The van der Waals surface area contributed by atoms with Crippen LogP contribution in [0, 0.1) is 0 Å². The summed E-state index contributed by atoms with van der Waals surface area (Å²) < 4.78 is 5.26. The quantitative estimate of drug-likeness (QED) is 0.591. The van der Waals surface area contributed by atoms with Gasteiger partial charge in [-0.25, -0.2) is 4.79 Å². The molecule has 2 aliphatic rings. The summed E-state index contributed by atoms with van der Waals surface area (Å²) in [6, 6.07) is 0.0995. The summed E-state index contributed by atoms with van der Waals surface area (Å²) in [7, 11) is 1.64. The third-order valence-corrected chi connectivity index (χ3v) is 2.94. The van der Waals surface area contributed by atoms with Gasteiger partial charge in [-0.2, -0.15) is 0 Å². The standard InChI is InChI=1S/C8H14N2O3/c1-13-7-2-5-3-9-4-6(7)10(5)8(11)12/h5-7,9H,2-4H2,1H3,(H,11,12)/t5-,6-,7-/m1/s1. The van der Waals surface area contributed by atoms with Gasteiger partial charge in [-0.15, -0.1) is 0 Å². The van der Waals surface area contributed by atoms with Crippen LogP contribution in [-0.2, 0) is 4.74 Å². The van der Waals surface area contributed by atoms with E-state index >= 15 is 0 Å². The van der Waals surface area contributed by atoms with Gasteiger partial charge >= 0.3 is 6.09 Å². The van der Waals surface area contributed by atoms with Gasteiger partial charge in [0.15, 0.2) is 0 Å². The van der Waals surface area contributed by atoms with E-state index in [2.05, 4.69) is 5.32 Å². The number of hydrogen-bond donors (Lipinski definition) is 2. The molecule has 2 bridgehead atoms. The summed E-state index contributed by atoms with van der Waals surface area (Å²) in [6.07, 6.45) is 0.0626. The van der Waals surface area contributed by atoms with Gasteiger partial charge < -0.3 is 15.2 Å². The van der Waals surface area contributed by atoms with Crippen LogP contribution in [0.2, 0.25) is 0 Å². The predicted octanol–water partition coefficient (Wildman–Crippen LogP) is -0.274. The van der Waals surface area contributed by atoms with Crippen molar-refractivity contribution in [3.05, 3.63) is 0 Å². The van der Waals surface area contributed by atoms with Crippen molar-refractivity contribution in [2.24, 2.45) is 0 Å². The van der Waals surface area contributed by atoms with E-state index in [1.165, 1.54) is 4.90 Å². The maximum absolute atomic E-state index is 10.9. The van der Waals surface area contributed by atoms with E-state index in [4.69, 9.17) is 9.84 Å². The van der Waals surface area contributed by atoms with Crippen molar-refractivity contribution < 1.29 is 14.6 Å². The van der Waals surface area contributed by atoms with E-state index in [1.54, 1.807) is 7.11 Å². The maximum Gasteiger partial charge on any atom is 0.407 e. The molecule has 2 heterocycles. The summed E-state index contributed by atoms with van der Waals surface area (Å²) in [6.45, 7) is 1.46. The third kappa shape index (κ3) is 1.28. The predicted molar refractivity (Wildman–Crippen MR) is 45.7 cm³/mol. The van der Waals surface area contributed by atoms with Gasteiger partial charge in [0, 0.05) is 20.2 Å². The van der Waals surface area contributed by atoms with Crippen LogP contribution in [0.5, 0.6) is 0 Å². The first-order valence-electron chi connectivity index (χ1n) is 4.49. The molecule has 0 aromatic carbocycles. The van der Waals surface area contributed by atoms with Crippen LogP contribution in [0.4, 0.5) is 4.79 Å². The van der Waals surface area contributed by atoms with Crippen LogP contribution >= 0.6 is 0 Å². The van der Waals surface area contributed by atoms with Crippen molar-refractivity contribution in [3.8, 4) is 0 Å². The van der Waals surface area contributed by atoms with Crippen molar-refractivity contribution in [2.45, 2.75) is 24.6 Å². The minimum atomic E-state index is -0.823. The maximum atomic E-state index is 10.9. The molecule has 2 N–H and O–H groups in total. The van der Waals surface area contributed by atoms with Crippen LogP contribution in [0.15, 0.2) is 0 Å². The Hall–Kier alpha value is -0.810. The Morgan fingerprint density at radius 2 is 2.38 bits per heavy atom. The van der Waals surface area contributed by atoms with Crippen molar-refractivity contribution >= 4 is 6.09 Å². The molecule has 0 aromatic heterocycles. The van der Waals surface area contributed by atoms with Crippen molar-refractivity contribution in [2.75, 3.05) is 20.2 Å². The molecule has 2 saturated heterocycles. The molecule has 1 amide bonds. The van der Waals surface area contributed by atoms with Crippen molar-refractivity contribution in [1.82, 2.24) is 10.2 Å². The minimum absolute atomic E-state index is 0.00116. The number of rotatable bonds is 1. The molecule has 0 spiro atoms. The molecule has 0 aromatic rings. The number of piperazine rings is 1. The molecule has 3 atom stereocenters. The highest BCUT2D eigenvalue weighted by molar-refractivity contribution is 5.67. The molecule has 2 fully saturated rings. The van der Waals surface area contributed by atoms with E-state index < -0.39 is 6.09 Å². The molecule has 2 rings (SSSR count). The Balaban J connectivity index is 2.17. The highest BCUT2D eigenvalue weighted by atomic mass is 16.5. The van der Waals surface area contributed by atoms with Crippen LogP contribution in [-0.4, -0.2) is 54.5 Å². The zero-order valence-corrected chi connectivity index (χ0v) is 7.56. The number of carboxylic acid groups (broad SMARTS) is 1. The van der Waals surface area contributed by atoms with Gasteiger partial charge in [0.1, 0.15) is 0 Å². The van der Waals surface area contributed by atoms with Gasteiger partial charge in [0.05, 0.1) is 18.2 Å². The summed E-state index contributed by atoms with van der Waals surface area (Å²) >= 11 is 0. The normalized spacial score (nSPS) is 37.9.